The summed E-state index contributed by atoms with van der Waals surface area (Å²) in [6.07, 6.45) is 0.113. The minimum Gasteiger partial charge on any atom is -0.370 e. The van der Waals surface area contributed by atoms with Crippen molar-refractivity contribution in [1.29, 1.82) is 0 Å². The third kappa shape index (κ3) is 3.61. The SMILES string of the molecule is CC(C)(CC(N)=O)NC(=O)c1sccc1Br. The Bertz CT molecular complexity index is 415. The van der Waals surface area contributed by atoms with Crippen molar-refractivity contribution in [3.63, 3.8) is 0 Å². The van der Waals surface area contributed by atoms with Gasteiger partial charge in [0.25, 0.3) is 5.91 Å². The van der Waals surface area contributed by atoms with E-state index in [0.717, 1.165) is 4.47 Å². The van der Waals surface area contributed by atoms with E-state index in [9.17, 15) is 9.59 Å². The molecule has 0 spiro atoms. The summed E-state index contributed by atoms with van der Waals surface area (Å²) in [6.45, 7) is 3.52. The van der Waals surface area contributed by atoms with Crippen molar-refractivity contribution in [2.45, 2.75) is 25.8 Å². The maximum absolute atomic E-state index is 11.8. The van der Waals surface area contributed by atoms with Crippen LogP contribution >= 0.6 is 27.3 Å². The van der Waals surface area contributed by atoms with Crippen molar-refractivity contribution in [3.8, 4) is 0 Å². The minimum atomic E-state index is -0.633. The van der Waals surface area contributed by atoms with Gasteiger partial charge in [0.2, 0.25) is 5.91 Å². The van der Waals surface area contributed by atoms with Crippen molar-refractivity contribution in [1.82, 2.24) is 5.32 Å². The number of rotatable bonds is 4. The highest BCUT2D eigenvalue weighted by Crippen LogP contribution is 2.23. The molecule has 88 valence electrons. The van der Waals surface area contributed by atoms with Gasteiger partial charge in [0.05, 0.1) is 0 Å². The second-order valence-corrected chi connectivity index (χ2v) is 5.85. The third-order valence-electron chi connectivity index (χ3n) is 1.89. The van der Waals surface area contributed by atoms with Gasteiger partial charge in [-0.3, -0.25) is 9.59 Å². The van der Waals surface area contributed by atoms with Crippen LogP contribution in [0.25, 0.3) is 0 Å². The smallest absolute Gasteiger partial charge is 0.262 e. The Morgan fingerprint density at radius 2 is 2.19 bits per heavy atom. The van der Waals surface area contributed by atoms with Crippen molar-refractivity contribution in [2.75, 3.05) is 0 Å². The van der Waals surface area contributed by atoms with Gasteiger partial charge in [-0.1, -0.05) is 0 Å². The molecule has 2 amide bonds. The molecule has 0 saturated heterocycles. The number of carbonyl (C=O) groups excluding carboxylic acids is 2. The molecule has 0 radical (unpaired) electrons. The van der Waals surface area contributed by atoms with Gasteiger partial charge < -0.3 is 11.1 Å². The number of primary amides is 1. The molecule has 16 heavy (non-hydrogen) atoms. The van der Waals surface area contributed by atoms with E-state index in [0.29, 0.717) is 4.88 Å². The summed E-state index contributed by atoms with van der Waals surface area (Å²) in [5.74, 6) is -0.635. The van der Waals surface area contributed by atoms with Crippen molar-refractivity contribution in [3.05, 3.63) is 20.8 Å². The van der Waals surface area contributed by atoms with Crippen LogP contribution in [0, 0.1) is 0 Å². The van der Waals surface area contributed by atoms with E-state index in [4.69, 9.17) is 5.73 Å². The topological polar surface area (TPSA) is 72.2 Å². The quantitative estimate of drug-likeness (QED) is 0.891. The largest absolute Gasteiger partial charge is 0.370 e. The van der Waals surface area contributed by atoms with Crippen LogP contribution in [0.1, 0.15) is 29.9 Å². The highest BCUT2D eigenvalue weighted by atomic mass is 79.9. The fourth-order valence-corrected chi connectivity index (χ4v) is 2.75. The van der Waals surface area contributed by atoms with Gasteiger partial charge in [0, 0.05) is 16.4 Å². The highest BCUT2D eigenvalue weighted by molar-refractivity contribution is 9.10. The fourth-order valence-electron chi connectivity index (χ4n) is 1.30. The summed E-state index contributed by atoms with van der Waals surface area (Å²) < 4.78 is 0.755. The average molecular weight is 305 g/mol. The molecule has 3 N–H and O–H groups in total. The summed E-state index contributed by atoms with van der Waals surface area (Å²) in [5.41, 5.74) is 4.47. The van der Waals surface area contributed by atoms with E-state index in [1.54, 1.807) is 19.9 Å². The van der Waals surface area contributed by atoms with Crippen molar-refractivity contribution in [2.24, 2.45) is 5.73 Å². The molecule has 0 unspecified atom stereocenters. The molecule has 0 aromatic carbocycles. The second kappa shape index (κ2) is 4.97. The molecular formula is C10H13BrN2O2S. The lowest BCUT2D eigenvalue weighted by Crippen LogP contribution is -2.45. The molecule has 6 heteroatoms. The number of hydrogen-bond donors (Lipinski definition) is 2. The Hall–Kier alpha value is -0.880. The fraction of sp³-hybridized carbons (Fsp3) is 0.400. The standard InChI is InChI=1S/C10H13BrN2O2S/c1-10(2,5-7(12)14)13-9(15)8-6(11)3-4-16-8/h3-4H,5H2,1-2H3,(H2,12,14)(H,13,15). The molecule has 1 aromatic heterocycles. The Kier molecular flexibility index (Phi) is 4.09. The molecule has 1 heterocycles. The zero-order valence-electron chi connectivity index (χ0n) is 9.04. The molecule has 1 aromatic rings. The Morgan fingerprint density at radius 3 is 2.62 bits per heavy atom. The number of nitrogens with two attached hydrogens (primary N) is 1. The maximum atomic E-state index is 11.8. The molecule has 1 rings (SSSR count). The number of amides is 2. The normalized spacial score (nSPS) is 11.2. The van der Waals surface area contributed by atoms with Gasteiger partial charge in [0.1, 0.15) is 4.88 Å². The first-order valence-electron chi connectivity index (χ1n) is 4.65. The first-order chi connectivity index (χ1) is 7.32. The third-order valence-corrected chi connectivity index (χ3v) is 3.73. The summed E-state index contributed by atoms with van der Waals surface area (Å²) in [5, 5.41) is 4.59. The summed E-state index contributed by atoms with van der Waals surface area (Å²) in [7, 11) is 0. The monoisotopic (exact) mass is 304 g/mol. The Morgan fingerprint density at radius 1 is 1.56 bits per heavy atom. The molecule has 0 bridgehead atoms. The maximum Gasteiger partial charge on any atom is 0.262 e. The van der Waals surface area contributed by atoms with E-state index >= 15 is 0 Å². The van der Waals surface area contributed by atoms with Crippen LogP contribution in [0.5, 0.6) is 0 Å². The van der Waals surface area contributed by atoms with Gasteiger partial charge in [0.15, 0.2) is 0 Å². The van der Waals surface area contributed by atoms with E-state index < -0.39 is 11.4 Å². The predicted octanol–water partition coefficient (Wildman–Crippen LogP) is 1.89. The van der Waals surface area contributed by atoms with Crippen LogP contribution in [0.15, 0.2) is 15.9 Å². The van der Waals surface area contributed by atoms with E-state index in [1.807, 2.05) is 5.38 Å². The molecule has 0 atom stereocenters. The number of thiophene rings is 1. The van der Waals surface area contributed by atoms with Gasteiger partial charge in [-0.2, -0.15) is 0 Å². The Labute approximate surface area is 106 Å². The average Bonchev–Trinajstić information content (AvgIpc) is 2.47. The molecule has 4 nitrogen and oxygen atoms in total. The zero-order chi connectivity index (χ0) is 12.3. The van der Waals surface area contributed by atoms with Crippen molar-refractivity contribution < 1.29 is 9.59 Å². The van der Waals surface area contributed by atoms with Crippen LogP contribution in [-0.2, 0) is 4.79 Å². The van der Waals surface area contributed by atoms with Gasteiger partial charge >= 0.3 is 0 Å². The lowest BCUT2D eigenvalue weighted by Gasteiger charge is -2.24. The molecule has 0 aliphatic heterocycles. The number of halogens is 1. The predicted molar refractivity (Wildman–Crippen MR) is 67.4 cm³/mol. The van der Waals surface area contributed by atoms with Crippen molar-refractivity contribution >= 4 is 39.1 Å². The summed E-state index contributed by atoms with van der Waals surface area (Å²) in [4.78, 5) is 23.3. The number of carbonyl (C=O) groups is 2. The Balaban J connectivity index is 2.71. The molecule has 0 saturated carbocycles. The van der Waals surface area contributed by atoms with Crippen LogP contribution in [0.4, 0.5) is 0 Å². The first kappa shape index (κ1) is 13.2. The van der Waals surface area contributed by atoms with Crippen LogP contribution in [0.2, 0.25) is 0 Å². The van der Waals surface area contributed by atoms with Gasteiger partial charge in [-0.05, 0) is 41.2 Å². The van der Waals surface area contributed by atoms with E-state index in [1.165, 1.54) is 11.3 Å². The van der Waals surface area contributed by atoms with E-state index in [2.05, 4.69) is 21.2 Å². The summed E-state index contributed by atoms with van der Waals surface area (Å²) >= 11 is 4.63. The van der Waals surface area contributed by atoms with E-state index in [-0.39, 0.29) is 12.3 Å². The van der Waals surface area contributed by atoms with Gasteiger partial charge in [-0.25, -0.2) is 0 Å². The lowest BCUT2D eigenvalue weighted by atomic mass is 10.0. The van der Waals surface area contributed by atoms with Crippen LogP contribution < -0.4 is 11.1 Å². The summed E-state index contributed by atoms with van der Waals surface area (Å²) in [6, 6.07) is 1.81. The van der Waals surface area contributed by atoms with Crippen LogP contribution in [0.3, 0.4) is 0 Å². The molecule has 0 aliphatic carbocycles. The zero-order valence-corrected chi connectivity index (χ0v) is 11.4. The molecular weight excluding hydrogens is 292 g/mol. The number of nitrogens with one attached hydrogen (secondary N) is 1. The highest BCUT2D eigenvalue weighted by Gasteiger charge is 2.24. The van der Waals surface area contributed by atoms with Gasteiger partial charge in [-0.15, -0.1) is 11.3 Å². The minimum absolute atomic E-state index is 0.113. The molecule has 0 aliphatic rings. The lowest BCUT2D eigenvalue weighted by molar-refractivity contribution is -0.119. The molecule has 0 fully saturated rings. The second-order valence-electron chi connectivity index (χ2n) is 4.08. The first-order valence-corrected chi connectivity index (χ1v) is 6.33. The van der Waals surface area contributed by atoms with Crippen LogP contribution in [-0.4, -0.2) is 17.4 Å². The number of hydrogen-bond acceptors (Lipinski definition) is 3.